The van der Waals surface area contributed by atoms with Gasteiger partial charge in [-0.25, -0.2) is 0 Å². The predicted octanol–water partition coefficient (Wildman–Crippen LogP) is 2.36. The molecule has 0 radical (unpaired) electrons. The number of hydrogen-bond acceptors (Lipinski definition) is 2. The maximum absolute atomic E-state index is 2.74. The summed E-state index contributed by atoms with van der Waals surface area (Å²) in [6.07, 6.45) is 4.39. The Hall–Kier alpha value is 0.310. The normalized spacial score (nSPS) is 39.5. The Labute approximate surface area is 79.9 Å². The second-order valence-corrected chi connectivity index (χ2v) is 5.62. The van der Waals surface area contributed by atoms with Crippen molar-refractivity contribution in [1.82, 2.24) is 4.90 Å². The van der Waals surface area contributed by atoms with E-state index in [9.17, 15) is 0 Å². The second-order valence-electron chi connectivity index (χ2n) is 4.14. The molecule has 1 saturated heterocycles. The SMILES string of the molecule is CC1SCCN(C2CCC2)C1C. The first kappa shape index (κ1) is 8.89. The Morgan fingerprint density at radius 1 is 1.25 bits per heavy atom. The third-order valence-corrected chi connectivity index (χ3v) is 4.81. The molecule has 70 valence electrons. The molecule has 12 heavy (non-hydrogen) atoms. The monoisotopic (exact) mass is 185 g/mol. The van der Waals surface area contributed by atoms with Crippen molar-refractivity contribution in [2.75, 3.05) is 12.3 Å². The van der Waals surface area contributed by atoms with Crippen molar-refractivity contribution in [2.24, 2.45) is 0 Å². The zero-order valence-electron chi connectivity index (χ0n) is 8.12. The number of hydrogen-bond donors (Lipinski definition) is 0. The van der Waals surface area contributed by atoms with Gasteiger partial charge in [0, 0.05) is 29.6 Å². The highest BCUT2D eigenvalue weighted by atomic mass is 32.2. The standard InChI is InChI=1S/C10H19NS/c1-8-9(2)12-7-6-11(8)10-4-3-5-10/h8-10H,3-7H2,1-2H3. The molecule has 2 rings (SSSR count). The van der Waals surface area contributed by atoms with Gasteiger partial charge in [-0.15, -0.1) is 0 Å². The molecule has 0 aromatic carbocycles. The molecular formula is C10H19NS. The summed E-state index contributed by atoms with van der Waals surface area (Å²) in [6, 6.07) is 1.76. The van der Waals surface area contributed by atoms with Crippen LogP contribution in [0.2, 0.25) is 0 Å². The molecule has 2 heteroatoms. The molecule has 2 unspecified atom stereocenters. The van der Waals surface area contributed by atoms with E-state index < -0.39 is 0 Å². The molecule has 0 spiro atoms. The fourth-order valence-electron chi connectivity index (χ4n) is 2.19. The van der Waals surface area contributed by atoms with Crippen LogP contribution in [-0.4, -0.2) is 34.5 Å². The fraction of sp³-hybridized carbons (Fsp3) is 1.00. The first-order chi connectivity index (χ1) is 5.79. The lowest BCUT2D eigenvalue weighted by Gasteiger charge is -2.46. The number of nitrogens with zero attached hydrogens (tertiary/aromatic N) is 1. The van der Waals surface area contributed by atoms with Gasteiger partial charge in [0.2, 0.25) is 0 Å². The molecule has 1 heterocycles. The van der Waals surface area contributed by atoms with Crippen molar-refractivity contribution in [2.45, 2.75) is 50.4 Å². The van der Waals surface area contributed by atoms with E-state index in [1.54, 1.807) is 0 Å². The Bertz CT molecular complexity index is 156. The van der Waals surface area contributed by atoms with Crippen molar-refractivity contribution in [3.8, 4) is 0 Å². The zero-order chi connectivity index (χ0) is 8.55. The maximum atomic E-state index is 2.74. The molecule has 1 nitrogen and oxygen atoms in total. The van der Waals surface area contributed by atoms with E-state index in [1.165, 1.54) is 31.6 Å². The van der Waals surface area contributed by atoms with Gasteiger partial charge in [0.05, 0.1) is 0 Å². The van der Waals surface area contributed by atoms with Crippen LogP contribution in [0.3, 0.4) is 0 Å². The van der Waals surface area contributed by atoms with Crippen LogP contribution in [0.4, 0.5) is 0 Å². The van der Waals surface area contributed by atoms with Gasteiger partial charge < -0.3 is 0 Å². The van der Waals surface area contributed by atoms with Crippen molar-refractivity contribution in [1.29, 1.82) is 0 Å². The van der Waals surface area contributed by atoms with Gasteiger partial charge in [0.1, 0.15) is 0 Å². The van der Waals surface area contributed by atoms with E-state index in [2.05, 4.69) is 30.5 Å². The van der Waals surface area contributed by atoms with Gasteiger partial charge in [0.15, 0.2) is 0 Å². The average molecular weight is 185 g/mol. The quantitative estimate of drug-likeness (QED) is 0.617. The minimum atomic E-state index is 0.814. The maximum Gasteiger partial charge on any atom is 0.0187 e. The van der Waals surface area contributed by atoms with Crippen LogP contribution in [0.5, 0.6) is 0 Å². The van der Waals surface area contributed by atoms with E-state index in [0.717, 1.165) is 17.3 Å². The summed E-state index contributed by atoms with van der Waals surface area (Å²) in [7, 11) is 0. The molecule has 2 aliphatic rings. The second kappa shape index (κ2) is 3.59. The lowest BCUT2D eigenvalue weighted by Crippen LogP contribution is -2.52. The third kappa shape index (κ3) is 1.51. The van der Waals surface area contributed by atoms with Crippen molar-refractivity contribution in [3.63, 3.8) is 0 Å². The first-order valence-electron chi connectivity index (χ1n) is 5.16. The van der Waals surface area contributed by atoms with E-state index in [0.29, 0.717) is 0 Å². The van der Waals surface area contributed by atoms with Crippen LogP contribution in [0.25, 0.3) is 0 Å². The van der Waals surface area contributed by atoms with E-state index in [-0.39, 0.29) is 0 Å². The Balaban J connectivity index is 1.93. The van der Waals surface area contributed by atoms with Crippen LogP contribution in [0.15, 0.2) is 0 Å². The molecule has 1 aliphatic carbocycles. The minimum Gasteiger partial charge on any atom is -0.296 e. The molecule has 1 saturated carbocycles. The van der Waals surface area contributed by atoms with Gasteiger partial charge in [-0.3, -0.25) is 4.90 Å². The molecule has 0 amide bonds. The van der Waals surface area contributed by atoms with Gasteiger partial charge in [-0.05, 0) is 19.8 Å². The van der Waals surface area contributed by atoms with Crippen LogP contribution < -0.4 is 0 Å². The summed E-state index contributed by atoms with van der Waals surface area (Å²) in [5.41, 5.74) is 0. The molecule has 1 aliphatic heterocycles. The third-order valence-electron chi connectivity index (χ3n) is 3.48. The Kier molecular flexibility index (Phi) is 2.66. The van der Waals surface area contributed by atoms with Crippen molar-refractivity contribution in [3.05, 3.63) is 0 Å². The van der Waals surface area contributed by atoms with Crippen LogP contribution in [0.1, 0.15) is 33.1 Å². The highest BCUT2D eigenvalue weighted by Crippen LogP contribution is 2.32. The van der Waals surface area contributed by atoms with Crippen molar-refractivity contribution >= 4 is 11.8 Å². The summed E-state index contributed by atoms with van der Waals surface area (Å²) in [5, 5.41) is 0.847. The van der Waals surface area contributed by atoms with Crippen LogP contribution in [0, 0.1) is 0 Å². The highest BCUT2D eigenvalue weighted by molar-refractivity contribution is 8.00. The topological polar surface area (TPSA) is 3.24 Å². The molecule has 0 aromatic heterocycles. The summed E-state index contributed by atoms with van der Waals surface area (Å²) in [6.45, 7) is 6.11. The Morgan fingerprint density at radius 3 is 2.58 bits per heavy atom. The average Bonchev–Trinajstić information content (AvgIpc) is 1.95. The van der Waals surface area contributed by atoms with E-state index in [4.69, 9.17) is 0 Å². The largest absolute Gasteiger partial charge is 0.296 e. The lowest BCUT2D eigenvalue weighted by molar-refractivity contribution is 0.0903. The molecule has 0 bridgehead atoms. The summed E-state index contributed by atoms with van der Waals surface area (Å²) < 4.78 is 0. The predicted molar refractivity (Wildman–Crippen MR) is 55.7 cm³/mol. The summed E-state index contributed by atoms with van der Waals surface area (Å²) in [5.74, 6) is 1.35. The van der Waals surface area contributed by atoms with Gasteiger partial charge >= 0.3 is 0 Å². The van der Waals surface area contributed by atoms with E-state index >= 15 is 0 Å². The Morgan fingerprint density at radius 2 is 2.00 bits per heavy atom. The number of thioether (sulfide) groups is 1. The first-order valence-corrected chi connectivity index (χ1v) is 6.21. The van der Waals surface area contributed by atoms with Gasteiger partial charge in [-0.2, -0.15) is 11.8 Å². The molecule has 2 fully saturated rings. The summed E-state index contributed by atoms with van der Waals surface area (Å²) >= 11 is 2.14. The summed E-state index contributed by atoms with van der Waals surface area (Å²) in [4.78, 5) is 2.74. The number of rotatable bonds is 1. The van der Waals surface area contributed by atoms with E-state index in [1.807, 2.05) is 0 Å². The van der Waals surface area contributed by atoms with Gasteiger partial charge in [0.25, 0.3) is 0 Å². The zero-order valence-corrected chi connectivity index (χ0v) is 8.94. The van der Waals surface area contributed by atoms with Crippen molar-refractivity contribution < 1.29 is 0 Å². The van der Waals surface area contributed by atoms with Crippen LogP contribution >= 0.6 is 11.8 Å². The highest BCUT2D eigenvalue weighted by Gasteiger charge is 2.33. The van der Waals surface area contributed by atoms with Gasteiger partial charge in [-0.1, -0.05) is 13.3 Å². The fourth-order valence-corrected chi connectivity index (χ4v) is 3.31. The van der Waals surface area contributed by atoms with Crippen LogP contribution in [-0.2, 0) is 0 Å². The lowest BCUT2D eigenvalue weighted by atomic mass is 9.90. The molecule has 0 aromatic rings. The minimum absolute atomic E-state index is 0.814. The molecule has 0 N–H and O–H groups in total. The molecule has 2 atom stereocenters. The molecular weight excluding hydrogens is 166 g/mol. The smallest absolute Gasteiger partial charge is 0.0187 e.